The van der Waals surface area contributed by atoms with Gasteiger partial charge in [0.1, 0.15) is 0 Å². The molecule has 0 saturated heterocycles. The highest BCUT2D eigenvalue weighted by Crippen LogP contribution is 2.38. The minimum atomic E-state index is -3.18. The van der Waals surface area contributed by atoms with Gasteiger partial charge in [-0.3, -0.25) is 4.57 Å². The van der Waals surface area contributed by atoms with E-state index in [0.717, 1.165) is 5.56 Å². The Morgan fingerprint density at radius 3 is 2.24 bits per heavy atom. The molecule has 17 heavy (non-hydrogen) atoms. The summed E-state index contributed by atoms with van der Waals surface area (Å²) in [4.78, 5) is 9.18. The van der Waals surface area contributed by atoms with Gasteiger partial charge in [0.05, 0.1) is 6.16 Å². The highest BCUT2D eigenvalue weighted by molar-refractivity contribution is 7.56. The Bertz CT molecular complexity index is 538. The fraction of sp³-hybridized carbons (Fsp3) is 0.200. The molecule has 0 fully saturated rings. The van der Waals surface area contributed by atoms with Crippen molar-refractivity contribution < 1.29 is 9.46 Å². The third-order valence-electron chi connectivity index (χ3n) is 1.99. The zero-order valence-electron chi connectivity index (χ0n) is 9.19. The van der Waals surface area contributed by atoms with E-state index in [4.69, 9.17) is 0 Å². The second-order valence-corrected chi connectivity index (χ2v) is 6.13. The first-order valence-electron chi connectivity index (χ1n) is 4.95. The summed E-state index contributed by atoms with van der Waals surface area (Å²) in [5.74, 6) is 0.580. The van der Waals surface area contributed by atoms with Crippen LogP contribution in [0.2, 0.25) is 0 Å². The van der Waals surface area contributed by atoms with Crippen molar-refractivity contribution >= 4 is 7.37 Å². The van der Waals surface area contributed by atoms with Crippen LogP contribution in [0.25, 0.3) is 11.4 Å². The van der Waals surface area contributed by atoms with E-state index >= 15 is 0 Å². The van der Waals surface area contributed by atoms with Crippen LogP contribution in [0.1, 0.15) is 5.82 Å². The van der Waals surface area contributed by atoms with Crippen LogP contribution in [0.4, 0.5) is 0 Å². The van der Waals surface area contributed by atoms with Crippen molar-refractivity contribution in [2.75, 3.05) is 6.66 Å². The number of aromatic nitrogens is 4. The monoisotopic (exact) mass is 250 g/mol. The first-order chi connectivity index (χ1) is 8.04. The lowest BCUT2D eigenvalue weighted by Crippen LogP contribution is -2.02. The molecule has 1 aromatic carbocycles. The summed E-state index contributed by atoms with van der Waals surface area (Å²) in [6.45, 7) is 1.25. The van der Waals surface area contributed by atoms with E-state index in [2.05, 4.69) is 20.4 Å². The molecule has 7 heteroatoms. The normalized spacial score (nSPS) is 14.2. The number of hydrogen-bond donors (Lipinski definition) is 1. The van der Waals surface area contributed by atoms with Gasteiger partial charge in [0.2, 0.25) is 13.2 Å². The predicted molar refractivity (Wildman–Crippen MR) is 62.5 cm³/mol. The SMILES string of the molecule is CP(=O)(O)Cc1nnc(-c2ccccc2)nn1. The van der Waals surface area contributed by atoms with Crippen molar-refractivity contribution in [3.05, 3.63) is 36.2 Å². The van der Waals surface area contributed by atoms with Crippen LogP contribution in [0, 0.1) is 0 Å². The van der Waals surface area contributed by atoms with Crippen molar-refractivity contribution in [3.63, 3.8) is 0 Å². The summed E-state index contributed by atoms with van der Waals surface area (Å²) in [6, 6.07) is 9.29. The summed E-state index contributed by atoms with van der Waals surface area (Å²) >= 11 is 0. The maximum atomic E-state index is 11.2. The molecule has 0 aliphatic heterocycles. The summed E-state index contributed by atoms with van der Waals surface area (Å²) in [5.41, 5.74) is 0.808. The standard InChI is InChI=1S/C10H11N4O2P/c1-17(15,16)7-9-11-13-10(14-12-9)8-5-3-2-4-6-8/h2-6H,7H2,1H3,(H,15,16). The van der Waals surface area contributed by atoms with Gasteiger partial charge >= 0.3 is 0 Å². The van der Waals surface area contributed by atoms with Crippen molar-refractivity contribution in [2.24, 2.45) is 0 Å². The summed E-state index contributed by atoms with van der Waals surface area (Å²) in [5, 5.41) is 15.3. The first kappa shape index (κ1) is 11.8. The van der Waals surface area contributed by atoms with Gasteiger partial charge < -0.3 is 4.89 Å². The second kappa shape index (κ2) is 4.69. The van der Waals surface area contributed by atoms with E-state index < -0.39 is 7.37 Å². The van der Waals surface area contributed by atoms with E-state index in [-0.39, 0.29) is 12.0 Å². The van der Waals surface area contributed by atoms with Crippen LogP contribution in [0.15, 0.2) is 30.3 Å². The van der Waals surface area contributed by atoms with Gasteiger partial charge in [-0.15, -0.1) is 20.4 Å². The molecule has 0 aliphatic carbocycles. The van der Waals surface area contributed by atoms with Crippen LogP contribution in [0.3, 0.4) is 0 Å². The lowest BCUT2D eigenvalue weighted by atomic mass is 10.2. The van der Waals surface area contributed by atoms with E-state index in [1.165, 1.54) is 6.66 Å². The van der Waals surface area contributed by atoms with Crippen molar-refractivity contribution in [2.45, 2.75) is 6.16 Å². The Morgan fingerprint density at radius 1 is 1.12 bits per heavy atom. The largest absolute Gasteiger partial charge is 0.344 e. The Balaban J connectivity index is 2.22. The molecule has 6 nitrogen and oxygen atoms in total. The van der Waals surface area contributed by atoms with Crippen molar-refractivity contribution in [1.29, 1.82) is 0 Å². The fourth-order valence-electron chi connectivity index (χ4n) is 1.28. The topological polar surface area (TPSA) is 88.9 Å². The smallest absolute Gasteiger partial charge is 0.205 e. The van der Waals surface area contributed by atoms with E-state index in [1.807, 2.05) is 30.3 Å². The molecular weight excluding hydrogens is 239 g/mol. The third kappa shape index (κ3) is 3.41. The van der Waals surface area contributed by atoms with Crippen LogP contribution < -0.4 is 0 Å². The van der Waals surface area contributed by atoms with Crippen molar-refractivity contribution in [1.82, 2.24) is 20.4 Å². The zero-order valence-corrected chi connectivity index (χ0v) is 10.1. The van der Waals surface area contributed by atoms with Gasteiger partial charge in [-0.05, 0) is 0 Å². The minimum Gasteiger partial charge on any atom is -0.344 e. The molecule has 0 bridgehead atoms. The molecule has 88 valence electrons. The van der Waals surface area contributed by atoms with Crippen LogP contribution >= 0.6 is 7.37 Å². The second-order valence-electron chi connectivity index (χ2n) is 3.71. The van der Waals surface area contributed by atoms with Gasteiger partial charge in [0, 0.05) is 12.2 Å². The lowest BCUT2D eigenvalue weighted by Gasteiger charge is -2.02. The van der Waals surface area contributed by atoms with Crippen LogP contribution in [-0.2, 0) is 10.7 Å². The van der Waals surface area contributed by atoms with Gasteiger partial charge in [-0.1, -0.05) is 30.3 Å². The Hall–Kier alpha value is -1.65. The number of benzene rings is 1. The summed E-state index contributed by atoms with van der Waals surface area (Å²) < 4.78 is 11.2. The molecule has 2 rings (SSSR count). The maximum absolute atomic E-state index is 11.2. The number of nitrogens with zero attached hydrogens (tertiary/aromatic N) is 4. The van der Waals surface area contributed by atoms with Gasteiger partial charge in [0.15, 0.2) is 5.82 Å². The van der Waals surface area contributed by atoms with Gasteiger partial charge in [-0.2, -0.15) is 0 Å². The lowest BCUT2D eigenvalue weighted by molar-refractivity contribution is 0.481. The van der Waals surface area contributed by atoms with Crippen LogP contribution in [-0.4, -0.2) is 32.0 Å². The molecule has 1 N–H and O–H groups in total. The maximum Gasteiger partial charge on any atom is 0.205 e. The van der Waals surface area contributed by atoms with Crippen molar-refractivity contribution in [3.8, 4) is 11.4 Å². The highest BCUT2D eigenvalue weighted by atomic mass is 31.2. The summed E-state index contributed by atoms with van der Waals surface area (Å²) in [6.07, 6.45) is -0.109. The number of rotatable bonds is 3. The molecule has 1 atom stereocenters. The molecule has 1 unspecified atom stereocenters. The summed E-state index contributed by atoms with van der Waals surface area (Å²) in [7, 11) is -3.18. The number of hydrogen-bond acceptors (Lipinski definition) is 5. The Morgan fingerprint density at radius 2 is 1.71 bits per heavy atom. The highest BCUT2D eigenvalue weighted by Gasteiger charge is 2.14. The van der Waals surface area contributed by atoms with E-state index in [1.54, 1.807) is 0 Å². The molecular formula is C10H11N4O2P. The van der Waals surface area contributed by atoms with E-state index in [9.17, 15) is 9.46 Å². The molecule has 1 aromatic heterocycles. The average Bonchev–Trinajstić information content (AvgIpc) is 2.29. The third-order valence-corrected chi connectivity index (χ3v) is 2.86. The predicted octanol–water partition coefficient (Wildman–Crippen LogP) is 1.33. The van der Waals surface area contributed by atoms with Gasteiger partial charge in [-0.25, -0.2) is 0 Å². The van der Waals surface area contributed by atoms with Crippen LogP contribution in [0.5, 0.6) is 0 Å². The molecule has 0 saturated carbocycles. The fourth-order valence-corrected chi connectivity index (χ4v) is 1.93. The molecule has 2 aromatic rings. The van der Waals surface area contributed by atoms with Gasteiger partial charge in [0.25, 0.3) is 0 Å². The molecule has 0 amide bonds. The molecule has 0 aliphatic rings. The minimum absolute atomic E-state index is 0.109. The molecule has 0 spiro atoms. The molecule has 1 heterocycles. The Labute approximate surface area is 98.2 Å². The quantitative estimate of drug-likeness (QED) is 0.827. The van der Waals surface area contributed by atoms with E-state index in [0.29, 0.717) is 5.82 Å². The zero-order chi connectivity index (χ0) is 12.3. The Kier molecular flexibility index (Phi) is 3.26. The molecule has 0 radical (unpaired) electrons. The first-order valence-corrected chi connectivity index (χ1v) is 7.25. The average molecular weight is 250 g/mol.